The maximum atomic E-state index is 6.06. The number of rotatable bonds is 34. The van der Waals surface area contributed by atoms with Gasteiger partial charge in [0.15, 0.2) is 11.5 Å². The lowest BCUT2D eigenvalue weighted by Gasteiger charge is -2.09. The molecule has 0 atom stereocenters. The topological polar surface area (TPSA) is 18.5 Å². The lowest BCUT2D eigenvalue weighted by atomic mass is 10.0. The summed E-state index contributed by atoms with van der Waals surface area (Å²) < 4.78 is 12.1. The van der Waals surface area contributed by atoms with Crippen molar-refractivity contribution in [2.75, 3.05) is 13.2 Å². The highest BCUT2D eigenvalue weighted by atomic mass is 32.1. The van der Waals surface area contributed by atoms with E-state index in [1.807, 2.05) is 0 Å². The number of thiophene rings is 1. The molecule has 0 aromatic carbocycles. The van der Waals surface area contributed by atoms with Crippen LogP contribution in [0.15, 0.2) is 10.8 Å². The van der Waals surface area contributed by atoms with Gasteiger partial charge in [-0.05, 0) is 12.8 Å². The van der Waals surface area contributed by atoms with Crippen LogP contribution in [0.25, 0.3) is 0 Å². The normalized spacial score (nSPS) is 11.4. The summed E-state index contributed by atoms with van der Waals surface area (Å²) in [5.74, 6) is 1.92. The van der Waals surface area contributed by atoms with Crippen LogP contribution in [0.3, 0.4) is 0 Å². The van der Waals surface area contributed by atoms with E-state index in [0.717, 1.165) is 37.6 Å². The second kappa shape index (κ2) is 32.2. The quantitative estimate of drug-likeness (QED) is 0.0741. The summed E-state index contributed by atoms with van der Waals surface area (Å²) in [6, 6.07) is 0. The molecule has 0 radical (unpaired) electrons. The molecule has 0 unspecified atom stereocenters. The summed E-state index contributed by atoms with van der Waals surface area (Å²) >= 11 is 1.69. The maximum Gasteiger partial charge on any atom is 0.171 e. The van der Waals surface area contributed by atoms with Crippen LogP contribution in [-0.2, 0) is 0 Å². The molecule has 0 fully saturated rings. The standard InChI is InChI=1S/C38H72O2S/c1-3-5-7-9-11-13-15-17-19-21-23-25-27-29-31-33-39-37-35-41-36-38(37)40-34-32-30-28-26-24-22-20-18-16-14-12-10-8-6-4-2/h35-36H,3-34H2,1-2H3. The summed E-state index contributed by atoms with van der Waals surface area (Å²) in [6.07, 6.45) is 42.0. The minimum Gasteiger partial charge on any atom is -0.489 e. The summed E-state index contributed by atoms with van der Waals surface area (Å²) in [5.41, 5.74) is 0. The number of hydrogen-bond acceptors (Lipinski definition) is 3. The van der Waals surface area contributed by atoms with Gasteiger partial charge in [-0.1, -0.05) is 194 Å². The van der Waals surface area contributed by atoms with E-state index < -0.39 is 0 Å². The SMILES string of the molecule is CCCCCCCCCCCCCCCCCOc1cscc1OCCCCCCCCCCCCCCCCC. The van der Waals surface area contributed by atoms with Gasteiger partial charge in [0.2, 0.25) is 0 Å². The highest BCUT2D eigenvalue weighted by Crippen LogP contribution is 2.32. The third-order valence-corrected chi connectivity index (χ3v) is 9.30. The van der Waals surface area contributed by atoms with Crippen molar-refractivity contribution in [3.8, 4) is 11.5 Å². The van der Waals surface area contributed by atoms with E-state index in [1.165, 1.54) is 180 Å². The minimum atomic E-state index is 0.824. The van der Waals surface area contributed by atoms with Gasteiger partial charge in [-0.15, -0.1) is 11.3 Å². The first-order valence-electron chi connectivity index (χ1n) is 18.7. The molecule has 0 aliphatic heterocycles. The van der Waals surface area contributed by atoms with Crippen molar-refractivity contribution in [2.45, 2.75) is 206 Å². The van der Waals surface area contributed by atoms with E-state index in [2.05, 4.69) is 24.6 Å². The highest BCUT2D eigenvalue weighted by Gasteiger charge is 2.06. The van der Waals surface area contributed by atoms with Gasteiger partial charge in [0.25, 0.3) is 0 Å². The van der Waals surface area contributed by atoms with Crippen molar-refractivity contribution in [3.63, 3.8) is 0 Å². The van der Waals surface area contributed by atoms with Gasteiger partial charge >= 0.3 is 0 Å². The van der Waals surface area contributed by atoms with Crippen LogP contribution in [0.4, 0.5) is 0 Å². The molecule has 41 heavy (non-hydrogen) atoms. The molecule has 1 heterocycles. The lowest BCUT2D eigenvalue weighted by molar-refractivity contribution is 0.260. The smallest absolute Gasteiger partial charge is 0.171 e. The molecule has 1 rings (SSSR count). The van der Waals surface area contributed by atoms with Gasteiger partial charge in [0.05, 0.1) is 13.2 Å². The van der Waals surface area contributed by atoms with Crippen LogP contribution in [0.5, 0.6) is 11.5 Å². The minimum absolute atomic E-state index is 0.824. The average molecular weight is 593 g/mol. The monoisotopic (exact) mass is 593 g/mol. The van der Waals surface area contributed by atoms with Gasteiger partial charge in [0, 0.05) is 10.8 Å². The third-order valence-electron chi connectivity index (χ3n) is 8.60. The summed E-state index contributed by atoms with van der Waals surface area (Å²) in [6.45, 7) is 6.24. The molecule has 0 bridgehead atoms. The number of ether oxygens (including phenoxy) is 2. The molecule has 2 nitrogen and oxygen atoms in total. The number of hydrogen-bond donors (Lipinski definition) is 0. The molecule has 242 valence electrons. The summed E-state index contributed by atoms with van der Waals surface area (Å²) in [7, 11) is 0. The van der Waals surface area contributed by atoms with Crippen LogP contribution in [0.1, 0.15) is 206 Å². The zero-order chi connectivity index (χ0) is 29.3. The molecule has 0 saturated heterocycles. The summed E-state index contributed by atoms with van der Waals surface area (Å²) in [5, 5.41) is 4.21. The molecule has 0 N–H and O–H groups in total. The van der Waals surface area contributed by atoms with Crippen LogP contribution >= 0.6 is 11.3 Å². The molecule has 1 aromatic heterocycles. The Morgan fingerprint density at radius 1 is 0.341 bits per heavy atom. The van der Waals surface area contributed by atoms with Crippen LogP contribution < -0.4 is 9.47 Å². The zero-order valence-corrected chi connectivity index (χ0v) is 28.8. The molecule has 0 aliphatic carbocycles. The van der Waals surface area contributed by atoms with Gasteiger partial charge in [-0.3, -0.25) is 0 Å². The first-order valence-corrected chi connectivity index (χ1v) is 19.6. The molecule has 0 saturated carbocycles. The van der Waals surface area contributed by atoms with E-state index in [-0.39, 0.29) is 0 Å². The van der Waals surface area contributed by atoms with Crippen LogP contribution in [0, 0.1) is 0 Å². The van der Waals surface area contributed by atoms with Gasteiger partial charge in [-0.25, -0.2) is 0 Å². The molecule has 0 amide bonds. The second-order valence-electron chi connectivity index (χ2n) is 12.7. The molecular weight excluding hydrogens is 520 g/mol. The Balaban J connectivity index is 1.82. The van der Waals surface area contributed by atoms with Crippen molar-refractivity contribution < 1.29 is 9.47 Å². The van der Waals surface area contributed by atoms with Crippen molar-refractivity contribution >= 4 is 11.3 Å². The maximum absolute atomic E-state index is 6.06. The fourth-order valence-corrected chi connectivity index (χ4v) is 6.48. The summed E-state index contributed by atoms with van der Waals surface area (Å²) in [4.78, 5) is 0. The van der Waals surface area contributed by atoms with Crippen molar-refractivity contribution in [2.24, 2.45) is 0 Å². The van der Waals surface area contributed by atoms with E-state index >= 15 is 0 Å². The fraction of sp³-hybridized carbons (Fsp3) is 0.895. The zero-order valence-electron chi connectivity index (χ0n) is 28.0. The first kappa shape index (κ1) is 38.3. The average Bonchev–Trinajstić information content (AvgIpc) is 3.43. The highest BCUT2D eigenvalue weighted by molar-refractivity contribution is 7.08. The first-order chi connectivity index (χ1) is 20.4. The van der Waals surface area contributed by atoms with Crippen molar-refractivity contribution in [3.05, 3.63) is 10.8 Å². The molecule has 1 aromatic rings. The predicted molar refractivity (Wildman–Crippen MR) is 185 cm³/mol. The van der Waals surface area contributed by atoms with Crippen molar-refractivity contribution in [1.82, 2.24) is 0 Å². The Morgan fingerprint density at radius 3 is 0.805 bits per heavy atom. The Hall–Kier alpha value is -0.700. The van der Waals surface area contributed by atoms with E-state index in [4.69, 9.17) is 9.47 Å². The lowest BCUT2D eigenvalue weighted by Crippen LogP contribution is -2.01. The second-order valence-corrected chi connectivity index (χ2v) is 13.4. The van der Waals surface area contributed by atoms with E-state index in [9.17, 15) is 0 Å². The van der Waals surface area contributed by atoms with Gasteiger partial charge < -0.3 is 9.47 Å². The number of unbranched alkanes of at least 4 members (excludes halogenated alkanes) is 28. The van der Waals surface area contributed by atoms with E-state index in [1.54, 1.807) is 11.3 Å². The van der Waals surface area contributed by atoms with Gasteiger partial charge in [-0.2, -0.15) is 0 Å². The van der Waals surface area contributed by atoms with Crippen molar-refractivity contribution in [1.29, 1.82) is 0 Å². The predicted octanol–water partition coefficient (Wildman–Crippen LogP) is 14.2. The molecular formula is C38H72O2S. The Labute approximate surface area is 262 Å². The molecule has 0 aliphatic rings. The molecule has 3 heteroatoms. The fourth-order valence-electron chi connectivity index (χ4n) is 5.80. The van der Waals surface area contributed by atoms with Crippen LogP contribution in [0.2, 0.25) is 0 Å². The Morgan fingerprint density at radius 2 is 0.561 bits per heavy atom. The molecule has 0 spiro atoms. The largest absolute Gasteiger partial charge is 0.489 e. The Kier molecular flexibility index (Phi) is 30.1. The Bertz CT molecular complexity index is 563. The van der Waals surface area contributed by atoms with Gasteiger partial charge in [0.1, 0.15) is 0 Å². The van der Waals surface area contributed by atoms with Crippen LogP contribution in [-0.4, -0.2) is 13.2 Å². The third kappa shape index (κ3) is 26.6. The van der Waals surface area contributed by atoms with E-state index in [0.29, 0.717) is 0 Å².